The Morgan fingerprint density at radius 3 is 2.71 bits per heavy atom. The van der Waals surface area contributed by atoms with Crippen LogP contribution in [0.5, 0.6) is 5.75 Å². The molecule has 7 heteroatoms. The summed E-state index contributed by atoms with van der Waals surface area (Å²) in [6.45, 7) is 6.93. The Balaban J connectivity index is 1.79. The Morgan fingerprint density at radius 2 is 2.08 bits per heavy atom. The Labute approximate surface area is 150 Å². The van der Waals surface area contributed by atoms with Gasteiger partial charge >= 0.3 is 0 Å². The number of rotatable bonds is 6. The summed E-state index contributed by atoms with van der Waals surface area (Å²) in [7, 11) is 1.72. The van der Waals surface area contributed by atoms with Crippen LogP contribution in [-0.4, -0.2) is 30.6 Å². The SMILES string of the molecule is CN=C(NCc1nc(C)c(C)o1)NCC(C)Oc1ccccc1Br. The molecule has 0 saturated heterocycles. The maximum absolute atomic E-state index is 5.90. The van der Waals surface area contributed by atoms with Gasteiger partial charge in [-0.25, -0.2) is 4.98 Å². The number of hydrogen-bond acceptors (Lipinski definition) is 4. The fourth-order valence-corrected chi connectivity index (χ4v) is 2.41. The highest BCUT2D eigenvalue weighted by Gasteiger charge is 2.09. The zero-order valence-electron chi connectivity index (χ0n) is 14.4. The van der Waals surface area contributed by atoms with Crippen LogP contribution < -0.4 is 15.4 Å². The van der Waals surface area contributed by atoms with Crippen LogP contribution in [-0.2, 0) is 6.54 Å². The van der Waals surface area contributed by atoms with Gasteiger partial charge in [0.25, 0.3) is 0 Å². The maximum Gasteiger partial charge on any atom is 0.214 e. The number of nitrogens with zero attached hydrogens (tertiary/aromatic N) is 2. The molecule has 0 saturated carbocycles. The maximum atomic E-state index is 5.90. The average molecular weight is 395 g/mol. The number of oxazole rings is 1. The lowest BCUT2D eigenvalue weighted by Gasteiger charge is -2.18. The lowest BCUT2D eigenvalue weighted by Crippen LogP contribution is -2.41. The van der Waals surface area contributed by atoms with Crippen LogP contribution >= 0.6 is 15.9 Å². The van der Waals surface area contributed by atoms with Gasteiger partial charge in [-0.1, -0.05) is 12.1 Å². The van der Waals surface area contributed by atoms with E-state index in [1.165, 1.54) is 0 Å². The highest BCUT2D eigenvalue weighted by atomic mass is 79.9. The predicted octanol–water partition coefficient (Wildman–Crippen LogP) is 3.19. The summed E-state index contributed by atoms with van der Waals surface area (Å²) >= 11 is 3.48. The third-order valence-corrected chi connectivity index (χ3v) is 4.08. The number of para-hydroxylation sites is 1. The van der Waals surface area contributed by atoms with Crippen molar-refractivity contribution in [1.29, 1.82) is 0 Å². The summed E-state index contributed by atoms with van der Waals surface area (Å²) in [5, 5.41) is 6.40. The molecule has 0 fully saturated rings. The van der Waals surface area contributed by atoms with Gasteiger partial charge in [-0.15, -0.1) is 0 Å². The molecule has 2 N–H and O–H groups in total. The van der Waals surface area contributed by atoms with Crippen LogP contribution in [0.3, 0.4) is 0 Å². The van der Waals surface area contributed by atoms with E-state index in [0.29, 0.717) is 24.9 Å². The zero-order valence-corrected chi connectivity index (χ0v) is 16.0. The number of ether oxygens (including phenoxy) is 1. The molecule has 130 valence electrons. The first-order chi connectivity index (χ1) is 11.5. The van der Waals surface area contributed by atoms with Crippen LogP contribution in [0.2, 0.25) is 0 Å². The van der Waals surface area contributed by atoms with Gasteiger partial charge in [0.15, 0.2) is 5.96 Å². The molecular weight excluding hydrogens is 372 g/mol. The fraction of sp³-hybridized carbons (Fsp3) is 0.412. The molecule has 1 atom stereocenters. The van der Waals surface area contributed by atoms with Crippen molar-refractivity contribution in [2.24, 2.45) is 4.99 Å². The Bertz CT molecular complexity index is 680. The highest BCUT2D eigenvalue weighted by molar-refractivity contribution is 9.10. The molecule has 0 radical (unpaired) electrons. The topological polar surface area (TPSA) is 71.7 Å². The van der Waals surface area contributed by atoms with E-state index >= 15 is 0 Å². The van der Waals surface area contributed by atoms with Crippen molar-refractivity contribution in [1.82, 2.24) is 15.6 Å². The van der Waals surface area contributed by atoms with Gasteiger partial charge in [-0.3, -0.25) is 4.99 Å². The number of benzene rings is 1. The van der Waals surface area contributed by atoms with E-state index in [9.17, 15) is 0 Å². The summed E-state index contributed by atoms with van der Waals surface area (Å²) in [5.74, 6) is 2.97. The molecule has 0 bridgehead atoms. The van der Waals surface area contributed by atoms with E-state index in [2.05, 4.69) is 36.5 Å². The fourth-order valence-electron chi connectivity index (χ4n) is 2.03. The van der Waals surface area contributed by atoms with Crippen LogP contribution in [0, 0.1) is 13.8 Å². The summed E-state index contributed by atoms with van der Waals surface area (Å²) in [6, 6.07) is 7.79. The molecule has 1 unspecified atom stereocenters. The molecule has 0 aliphatic rings. The van der Waals surface area contributed by atoms with Gasteiger partial charge in [-0.2, -0.15) is 0 Å². The number of aliphatic imine (C=N–C) groups is 1. The molecule has 2 rings (SSSR count). The van der Waals surface area contributed by atoms with E-state index in [0.717, 1.165) is 21.7 Å². The van der Waals surface area contributed by atoms with Gasteiger partial charge in [0.05, 0.1) is 23.3 Å². The first kappa shape index (κ1) is 18.3. The number of hydrogen-bond donors (Lipinski definition) is 2. The van der Waals surface area contributed by atoms with Crippen molar-refractivity contribution in [3.63, 3.8) is 0 Å². The molecule has 0 amide bonds. The third-order valence-electron chi connectivity index (χ3n) is 3.43. The van der Waals surface area contributed by atoms with Gasteiger partial charge in [0.1, 0.15) is 17.6 Å². The van der Waals surface area contributed by atoms with E-state index in [4.69, 9.17) is 9.15 Å². The number of guanidine groups is 1. The second-order valence-corrected chi connectivity index (χ2v) is 6.27. The molecule has 2 aromatic rings. The quantitative estimate of drug-likeness (QED) is 0.581. The van der Waals surface area contributed by atoms with Crippen molar-refractivity contribution in [3.8, 4) is 5.75 Å². The molecule has 0 aliphatic carbocycles. The van der Waals surface area contributed by atoms with Crippen LogP contribution in [0.15, 0.2) is 38.1 Å². The van der Waals surface area contributed by atoms with Crippen LogP contribution in [0.25, 0.3) is 0 Å². The standard InChI is InChI=1S/C17H23BrN4O2/c1-11(23-15-8-6-5-7-14(15)18)9-20-17(19-4)21-10-16-22-12(2)13(3)24-16/h5-8,11H,9-10H2,1-4H3,(H2,19,20,21). The number of halogens is 1. The molecule has 6 nitrogen and oxygen atoms in total. The monoisotopic (exact) mass is 394 g/mol. The minimum absolute atomic E-state index is 0.0199. The summed E-state index contributed by atoms with van der Waals surface area (Å²) in [4.78, 5) is 8.52. The lowest BCUT2D eigenvalue weighted by atomic mass is 10.3. The second kappa shape index (κ2) is 8.73. The number of aromatic nitrogens is 1. The van der Waals surface area contributed by atoms with E-state index in [1.807, 2.05) is 45.0 Å². The molecule has 1 aromatic heterocycles. The van der Waals surface area contributed by atoms with Gasteiger partial charge in [-0.05, 0) is 48.8 Å². The zero-order chi connectivity index (χ0) is 17.5. The molecule has 24 heavy (non-hydrogen) atoms. The predicted molar refractivity (Wildman–Crippen MR) is 98.4 cm³/mol. The van der Waals surface area contributed by atoms with Crippen molar-refractivity contribution in [3.05, 3.63) is 46.1 Å². The van der Waals surface area contributed by atoms with Crippen molar-refractivity contribution >= 4 is 21.9 Å². The van der Waals surface area contributed by atoms with Gasteiger partial charge < -0.3 is 19.8 Å². The highest BCUT2D eigenvalue weighted by Crippen LogP contribution is 2.24. The number of aryl methyl sites for hydroxylation is 2. The Morgan fingerprint density at radius 1 is 1.33 bits per heavy atom. The minimum Gasteiger partial charge on any atom is -0.488 e. The first-order valence-electron chi connectivity index (χ1n) is 7.78. The normalized spacial score (nSPS) is 12.8. The average Bonchev–Trinajstić information content (AvgIpc) is 2.88. The summed E-state index contributed by atoms with van der Waals surface area (Å²) in [6.07, 6.45) is -0.0199. The smallest absolute Gasteiger partial charge is 0.214 e. The first-order valence-corrected chi connectivity index (χ1v) is 8.57. The summed E-state index contributed by atoms with van der Waals surface area (Å²) < 4.78 is 12.4. The molecule has 0 aliphatic heterocycles. The summed E-state index contributed by atoms with van der Waals surface area (Å²) in [5.41, 5.74) is 0.908. The molecule has 0 spiro atoms. The lowest BCUT2D eigenvalue weighted by molar-refractivity contribution is 0.222. The molecule has 1 heterocycles. The third kappa shape index (κ3) is 5.26. The largest absolute Gasteiger partial charge is 0.488 e. The van der Waals surface area contributed by atoms with Gasteiger partial charge in [0, 0.05) is 7.05 Å². The van der Waals surface area contributed by atoms with Crippen molar-refractivity contribution in [2.75, 3.05) is 13.6 Å². The Kier molecular flexibility index (Phi) is 6.66. The van der Waals surface area contributed by atoms with E-state index in [-0.39, 0.29) is 6.10 Å². The van der Waals surface area contributed by atoms with Crippen LogP contribution in [0.1, 0.15) is 24.3 Å². The van der Waals surface area contributed by atoms with Crippen molar-refractivity contribution in [2.45, 2.75) is 33.4 Å². The minimum atomic E-state index is -0.0199. The molecular formula is C17H23BrN4O2. The van der Waals surface area contributed by atoms with E-state index < -0.39 is 0 Å². The van der Waals surface area contributed by atoms with E-state index in [1.54, 1.807) is 7.05 Å². The van der Waals surface area contributed by atoms with Crippen molar-refractivity contribution < 1.29 is 9.15 Å². The van der Waals surface area contributed by atoms with Crippen LogP contribution in [0.4, 0.5) is 0 Å². The second-order valence-electron chi connectivity index (χ2n) is 5.41. The number of nitrogens with one attached hydrogen (secondary N) is 2. The van der Waals surface area contributed by atoms with Gasteiger partial charge in [0.2, 0.25) is 5.89 Å². The molecule has 1 aromatic carbocycles. The Hall–Kier alpha value is -2.02.